The Kier molecular flexibility index (Phi) is 4.59. The van der Waals surface area contributed by atoms with E-state index in [0.29, 0.717) is 22.5 Å². The molecule has 32 heavy (non-hydrogen) atoms. The zero-order valence-electron chi connectivity index (χ0n) is 17.0. The van der Waals surface area contributed by atoms with E-state index in [1.807, 2.05) is 30.3 Å². The molecule has 2 N–H and O–H groups in total. The van der Waals surface area contributed by atoms with Crippen LogP contribution in [-0.2, 0) is 4.79 Å². The summed E-state index contributed by atoms with van der Waals surface area (Å²) >= 11 is 0. The molecule has 2 heterocycles. The molecule has 1 atom stereocenters. The minimum atomic E-state index is -0.543. The number of carbonyl (C=O) groups is 1. The van der Waals surface area contributed by atoms with Crippen LogP contribution in [0.1, 0.15) is 23.5 Å². The van der Waals surface area contributed by atoms with Crippen molar-refractivity contribution in [2.75, 3.05) is 7.11 Å². The van der Waals surface area contributed by atoms with Crippen LogP contribution >= 0.6 is 0 Å². The summed E-state index contributed by atoms with van der Waals surface area (Å²) in [6.45, 7) is 0. The lowest BCUT2D eigenvalue weighted by molar-refractivity contribution is -0.135. The Hall–Kier alpha value is -4.26. The second kappa shape index (κ2) is 7.46. The predicted molar refractivity (Wildman–Crippen MR) is 116 cm³/mol. The molecule has 5 rings (SSSR count). The molecule has 1 aromatic heterocycles. The summed E-state index contributed by atoms with van der Waals surface area (Å²) in [5.74, 6) is -0.705. The molecule has 0 fully saturated rings. The van der Waals surface area contributed by atoms with Crippen LogP contribution in [0.2, 0.25) is 0 Å². The van der Waals surface area contributed by atoms with Gasteiger partial charge in [0.25, 0.3) is 0 Å². The van der Waals surface area contributed by atoms with Gasteiger partial charge in [-0.3, -0.25) is 9.59 Å². The Labute approximate surface area is 182 Å². The molecule has 0 saturated carbocycles. The maximum atomic E-state index is 13.0. The van der Waals surface area contributed by atoms with Gasteiger partial charge >= 0.3 is 5.97 Å². The first-order chi connectivity index (χ1) is 15.5. The van der Waals surface area contributed by atoms with Gasteiger partial charge in [0, 0.05) is 29.2 Å². The highest BCUT2D eigenvalue weighted by atomic mass is 16.5. The van der Waals surface area contributed by atoms with Gasteiger partial charge in [0.15, 0.2) is 16.9 Å². The van der Waals surface area contributed by atoms with Crippen molar-refractivity contribution >= 4 is 16.9 Å². The Bertz CT molecular complexity index is 1420. The molecule has 0 spiro atoms. The van der Waals surface area contributed by atoms with Crippen molar-refractivity contribution in [3.8, 4) is 34.3 Å². The van der Waals surface area contributed by atoms with Crippen molar-refractivity contribution in [1.29, 1.82) is 0 Å². The number of benzene rings is 3. The summed E-state index contributed by atoms with van der Waals surface area (Å²) in [5, 5.41) is 20.5. The van der Waals surface area contributed by atoms with Gasteiger partial charge in [-0.1, -0.05) is 36.4 Å². The summed E-state index contributed by atoms with van der Waals surface area (Å²) in [7, 11) is 1.43. The lowest BCUT2D eigenvalue weighted by atomic mass is 9.85. The average Bonchev–Trinajstić information content (AvgIpc) is 2.79. The minimum Gasteiger partial charge on any atom is -0.507 e. The number of phenols is 2. The number of phenolic OH excluding ortho intramolecular Hbond substituents is 2. The van der Waals surface area contributed by atoms with Crippen LogP contribution in [0.15, 0.2) is 69.9 Å². The number of aromatic hydroxyl groups is 2. The smallest absolute Gasteiger partial charge is 0.312 e. The first-order valence-corrected chi connectivity index (χ1v) is 9.93. The number of hydrogen-bond acceptors (Lipinski definition) is 7. The van der Waals surface area contributed by atoms with Crippen LogP contribution in [-0.4, -0.2) is 23.3 Å². The fourth-order valence-corrected chi connectivity index (χ4v) is 4.10. The standard InChI is InChI=1S/C25H18O7/c1-30-20-9-14(7-8-16(20)26)15-10-22(29)31-21-12-18(28)24-17(27)11-19(32-25(24)23(15)21)13-5-3-2-4-6-13/h2-9,11-12,15,26,28H,10H2,1H3/t15-/m0/s1. The summed E-state index contributed by atoms with van der Waals surface area (Å²) in [6.07, 6.45) is -0.0138. The molecule has 0 amide bonds. The summed E-state index contributed by atoms with van der Waals surface area (Å²) in [6, 6.07) is 16.5. The number of methoxy groups -OCH3 is 1. The first kappa shape index (κ1) is 19.7. The molecule has 0 saturated heterocycles. The molecular weight excluding hydrogens is 412 g/mol. The van der Waals surface area contributed by atoms with Gasteiger partial charge in [-0.05, 0) is 17.7 Å². The van der Waals surface area contributed by atoms with Crippen LogP contribution in [0.5, 0.6) is 23.0 Å². The van der Waals surface area contributed by atoms with E-state index >= 15 is 0 Å². The fourth-order valence-electron chi connectivity index (χ4n) is 4.10. The van der Waals surface area contributed by atoms with Gasteiger partial charge in [-0.15, -0.1) is 0 Å². The normalized spacial score (nSPS) is 15.3. The molecule has 0 bridgehead atoms. The van der Waals surface area contributed by atoms with E-state index in [4.69, 9.17) is 13.9 Å². The minimum absolute atomic E-state index is 0.0112. The summed E-state index contributed by atoms with van der Waals surface area (Å²) < 4.78 is 16.8. The zero-order valence-corrected chi connectivity index (χ0v) is 17.0. The first-order valence-electron chi connectivity index (χ1n) is 9.93. The summed E-state index contributed by atoms with van der Waals surface area (Å²) in [4.78, 5) is 25.3. The van der Waals surface area contributed by atoms with Gasteiger partial charge in [0.1, 0.15) is 28.2 Å². The number of ether oxygens (including phenoxy) is 2. The number of carbonyl (C=O) groups excluding carboxylic acids is 1. The molecule has 1 aliphatic heterocycles. The number of fused-ring (bicyclic) bond motifs is 3. The van der Waals surface area contributed by atoms with Gasteiger partial charge in [-0.25, -0.2) is 0 Å². The highest BCUT2D eigenvalue weighted by Gasteiger charge is 2.34. The molecule has 160 valence electrons. The molecule has 1 aliphatic rings. The topological polar surface area (TPSA) is 106 Å². The maximum Gasteiger partial charge on any atom is 0.312 e. The van der Waals surface area contributed by atoms with Gasteiger partial charge < -0.3 is 24.1 Å². The largest absolute Gasteiger partial charge is 0.507 e. The second-order valence-corrected chi connectivity index (χ2v) is 7.51. The van der Waals surface area contributed by atoms with E-state index in [0.717, 1.165) is 0 Å². The van der Waals surface area contributed by atoms with Crippen LogP contribution < -0.4 is 14.9 Å². The van der Waals surface area contributed by atoms with Crippen molar-refractivity contribution < 1.29 is 28.9 Å². The van der Waals surface area contributed by atoms with Gasteiger partial charge in [0.05, 0.1) is 13.5 Å². The Morgan fingerprint density at radius 3 is 2.50 bits per heavy atom. The average molecular weight is 430 g/mol. The van der Waals surface area contributed by atoms with E-state index < -0.39 is 17.3 Å². The highest BCUT2D eigenvalue weighted by Crippen LogP contribution is 2.46. The third-order valence-corrected chi connectivity index (χ3v) is 5.59. The third kappa shape index (κ3) is 3.15. The monoisotopic (exact) mass is 430 g/mol. The SMILES string of the molecule is COc1cc([C@@H]2CC(=O)Oc3cc(O)c4c(=O)cc(-c5ccccc5)oc4c32)ccc1O. The van der Waals surface area contributed by atoms with E-state index in [1.54, 1.807) is 12.1 Å². The molecule has 0 radical (unpaired) electrons. The lowest BCUT2D eigenvalue weighted by Gasteiger charge is -2.26. The van der Waals surface area contributed by atoms with Crippen LogP contribution in [0, 0.1) is 0 Å². The van der Waals surface area contributed by atoms with Crippen molar-refractivity contribution in [3.63, 3.8) is 0 Å². The van der Waals surface area contributed by atoms with Gasteiger partial charge in [0.2, 0.25) is 0 Å². The van der Waals surface area contributed by atoms with E-state index in [1.165, 1.54) is 25.3 Å². The molecule has 3 aromatic carbocycles. The predicted octanol–water partition coefficient (Wildman–Crippen LogP) is 4.32. The van der Waals surface area contributed by atoms with Crippen LogP contribution in [0.3, 0.4) is 0 Å². The van der Waals surface area contributed by atoms with Crippen molar-refractivity contribution in [2.24, 2.45) is 0 Å². The van der Waals surface area contributed by atoms with Crippen molar-refractivity contribution in [1.82, 2.24) is 0 Å². The molecule has 7 nitrogen and oxygen atoms in total. The fraction of sp³-hybridized carbons (Fsp3) is 0.120. The van der Waals surface area contributed by atoms with Crippen LogP contribution in [0.4, 0.5) is 0 Å². The van der Waals surface area contributed by atoms with Crippen LogP contribution in [0.25, 0.3) is 22.3 Å². The molecule has 7 heteroatoms. The summed E-state index contributed by atoms with van der Waals surface area (Å²) in [5.41, 5.74) is 1.57. The molecular formula is C25H18O7. The second-order valence-electron chi connectivity index (χ2n) is 7.51. The quantitative estimate of drug-likeness (QED) is 0.368. The molecule has 0 aliphatic carbocycles. The number of hydrogen-bond donors (Lipinski definition) is 2. The molecule has 0 unspecified atom stereocenters. The van der Waals surface area contributed by atoms with Gasteiger partial charge in [-0.2, -0.15) is 0 Å². The van der Waals surface area contributed by atoms with E-state index in [9.17, 15) is 19.8 Å². The Morgan fingerprint density at radius 1 is 0.969 bits per heavy atom. The third-order valence-electron chi connectivity index (χ3n) is 5.59. The zero-order chi connectivity index (χ0) is 22.4. The Morgan fingerprint density at radius 2 is 1.75 bits per heavy atom. The highest BCUT2D eigenvalue weighted by molar-refractivity contribution is 5.93. The lowest BCUT2D eigenvalue weighted by Crippen LogP contribution is -2.22. The molecule has 4 aromatic rings. The van der Waals surface area contributed by atoms with E-state index in [-0.39, 0.29) is 40.4 Å². The Balaban J connectivity index is 1.82. The van der Waals surface area contributed by atoms with Crippen molar-refractivity contribution in [3.05, 3.63) is 82.0 Å². The maximum absolute atomic E-state index is 13.0. The van der Waals surface area contributed by atoms with Crippen molar-refractivity contribution in [2.45, 2.75) is 12.3 Å². The number of rotatable bonds is 3. The number of esters is 1. The van der Waals surface area contributed by atoms with E-state index in [2.05, 4.69) is 0 Å².